The number of carbonyl (C=O) groups is 1. The van der Waals surface area contributed by atoms with E-state index < -0.39 is 0 Å². The molecule has 3 aromatic carbocycles. The van der Waals surface area contributed by atoms with Gasteiger partial charge in [-0.05, 0) is 42.6 Å². The van der Waals surface area contributed by atoms with E-state index in [9.17, 15) is 4.79 Å². The van der Waals surface area contributed by atoms with Crippen molar-refractivity contribution in [2.45, 2.75) is 6.42 Å². The van der Waals surface area contributed by atoms with Gasteiger partial charge in [0.15, 0.2) is 0 Å². The first-order valence-electron chi connectivity index (χ1n) is 10.7. The fourth-order valence-electron chi connectivity index (χ4n) is 4.76. The number of hydrogen-bond acceptors (Lipinski definition) is 4. The SMILES string of the molecule is COc1ccccc1N1CCN(CCCN2C(=O)c3cccc4cccc2c34)CC1. The van der Waals surface area contributed by atoms with Crippen LogP contribution in [0.15, 0.2) is 60.7 Å². The molecule has 30 heavy (non-hydrogen) atoms. The third kappa shape index (κ3) is 3.29. The Labute approximate surface area is 177 Å². The Hall–Kier alpha value is -3.05. The molecule has 5 nitrogen and oxygen atoms in total. The standard InChI is InChI=1S/C25H27N3O2/c1-30-23-12-3-2-10-21(23)27-17-15-26(16-18-27)13-6-14-28-22-11-5-8-19-7-4-9-20(24(19)22)25(28)29/h2-5,7-12H,6,13-18H2,1H3. The number of amides is 1. The summed E-state index contributed by atoms with van der Waals surface area (Å²) in [5.41, 5.74) is 3.08. The molecule has 0 radical (unpaired) electrons. The van der Waals surface area contributed by atoms with Crippen molar-refractivity contribution in [2.24, 2.45) is 0 Å². The van der Waals surface area contributed by atoms with Crippen LogP contribution in [0.2, 0.25) is 0 Å². The minimum atomic E-state index is 0.141. The van der Waals surface area contributed by atoms with E-state index in [0.717, 1.165) is 73.5 Å². The highest BCUT2D eigenvalue weighted by molar-refractivity contribution is 6.24. The summed E-state index contributed by atoms with van der Waals surface area (Å²) in [6, 6.07) is 20.4. The normalized spacial score (nSPS) is 16.5. The van der Waals surface area contributed by atoms with Crippen LogP contribution in [0.5, 0.6) is 5.75 Å². The average Bonchev–Trinajstić information content (AvgIpc) is 3.08. The van der Waals surface area contributed by atoms with Crippen LogP contribution in [0.1, 0.15) is 16.8 Å². The van der Waals surface area contributed by atoms with Crippen molar-refractivity contribution < 1.29 is 9.53 Å². The molecule has 0 bridgehead atoms. The van der Waals surface area contributed by atoms with E-state index in [2.05, 4.69) is 40.1 Å². The fraction of sp³-hybridized carbons (Fsp3) is 0.320. The van der Waals surface area contributed by atoms with Crippen molar-refractivity contribution in [3.05, 3.63) is 66.2 Å². The van der Waals surface area contributed by atoms with Gasteiger partial charge in [0, 0.05) is 43.7 Å². The number of piperazine rings is 1. The van der Waals surface area contributed by atoms with Gasteiger partial charge in [0.25, 0.3) is 5.91 Å². The highest BCUT2D eigenvalue weighted by atomic mass is 16.5. The Morgan fingerprint density at radius 1 is 0.833 bits per heavy atom. The van der Waals surface area contributed by atoms with Gasteiger partial charge in [0.05, 0.1) is 18.5 Å². The molecule has 0 N–H and O–H groups in total. The molecular formula is C25H27N3O2. The first kappa shape index (κ1) is 18.9. The van der Waals surface area contributed by atoms with E-state index in [1.807, 2.05) is 35.2 Å². The number of benzene rings is 3. The summed E-state index contributed by atoms with van der Waals surface area (Å²) in [5, 5.41) is 2.25. The zero-order chi connectivity index (χ0) is 20.5. The number of para-hydroxylation sites is 2. The van der Waals surface area contributed by atoms with Crippen molar-refractivity contribution >= 4 is 28.1 Å². The molecule has 2 aliphatic rings. The quantitative estimate of drug-likeness (QED) is 0.625. The zero-order valence-corrected chi connectivity index (χ0v) is 17.4. The third-order valence-electron chi connectivity index (χ3n) is 6.30. The molecule has 1 fully saturated rings. The molecule has 3 aromatic rings. The molecule has 0 spiro atoms. The summed E-state index contributed by atoms with van der Waals surface area (Å²) < 4.78 is 5.51. The van der Waals surface area contributed by atoms with Crippen molar-refractivity contribution in [1.82, 2.24) is 4.90 Å². The second-order valence-electron chi connectivity index (χ2n) is 7.99. The average molecular weight is 402 g/mol. The largest absolute Gasteiger partial charge is 0.495 e. The maximum atomic E-state index is 12.9. The summed E-state index contributed by atoms with van der Waals surface area (Å²) >= 11 is 0. The minimum absolute atomic E-state index is 0.141. The summed E-state index contributed by atoms with van der Waals surface area (Å²) in [5.74, 6) is 1.08. The van der Waals surface area contributed by atoms with Gasteiger partial charge in [-0.1, -0.05) is 36.4 Å². The van der Waals surface area contributed by atoms with E-state index in [1.54, 1.807) is 7.11 Å². The van der Waals surface area contributed by atoms with Crippen LogP contribution in [-0.2, 0) is 0 Å². The minimum Gasteiger partial charge on any atom is -0.495 e. The number of nitrogens with zero attached hydrogens (tertiary/aromatic N) is 3. The zero-order valence-electron chi connectivity index (χ0n) is 17.4. The molecule has 1 amide bonds. The van der Waals surface area contributed by atoms with Gasteiger partial charge in [-0.25, -0.2) is 0 Å². The monoisotopic (exact) mass is 401 g/mol. The van der Waals surface area contributed by atoms with Crippen molar-refractivity contribution in [3.8, 4) is 5.75 Å². The van der Waals surface area contributed by atoms with Crippen molar-refractivity contribution in [1.29, 1.82) is 0 Å². The lowest BCUT2D eigenvalue weighted by Crippen LogP contribution is -2.47. The molecule has 0 atom stereocenters. The Bertz CT molecular complexity index is 1070. The van der Waals surface area contributed by atoms with E-state index in [1.165, 1.54) is 5.69 Å². The molecule has 2 heterocycles. The molecule has 5 rings (SSSR count). The molecule has 2 aliphatic heterocycles. The van der Waals surface area contributed by atoms with Gasteiger partial charge in [-0.15, -0.1) is 0 Å². The first-order valence-corrected chi connectivity index (χ1v) is 10.7. The molecule has 0 saturated carbocycles. The molecular weight excluding hydrogens is 374 g/mol. The van der Waals surface area contributed by atoms with Gasteiger partial charge in [-0.3, -0.25) is 9.69 Å². The molecule has 5 heteroatoms. The highest BCUT2D eigenvalue weighted by Gasteiger charge is 2.29. The van der Waals surface area contributed by atoms with Crippen LogP contribution in [0.4, 0.5) is 11.4 Å². The summed E-state index contributed by atoms with van der Waals surface area (Å²) in [7, 11) is 1.73. The third-order valence-corrected chi connectivity index (χ3v) is 6.30. The Morgan fingerprint density at radius 3 is 2.37 bits per heavy atom. The van der Waals surface area contributed by atoms with Crippen LogP contribution >= 0.6 is 0 Å². The molecule has 1 saturated heterocycles. The Balaban J connectivity index is 1.17. The number of ether oxygens (including phenoxy) is 1. The predicted octanol–water partition coefficient (Wildman–Crippen LogP) is 4.02. The van der Waals surface area contributed by atoms with E-state index in [4.69, 9.17) is 4.74 Å². The van der Waals surface area contributed by atoms with Crippen LogP contribution < -0.4 is 14.5 Å². The lowest BCUT2D eigenvalue weighted by Gasteiger charge is -2.36. The van der Waals surface area contributed by atoms with Crippen molar-refractivity contribution in [2.75, 3.05) is 56.2 Å². The van der Waals surface area contributed by atoms with E-state index in [-0.39, 0.29) is 5.91 Å². The summed E-state index contributed by atoms with van der Waals surface area (Å²) in [6.45, 7) is 5.82. The number of hydrogen-bond donors (Lipinski definition) is 0. The topological polar surface area (TPSA) is 36.0 Å². The molecule has 0 unspecified atom stereocenters. The summed E-state index contributed by atoms with van der Waals surface area (Å²) in [4.78, 5) is 19.8. The second-order valence-corrected chi connectivity index (χ2v) is 7.99. The lowest BCUT2D eigenvalue weighted by atomic mass is 10.1. The number of rotatable bonds is 6. The van der Waals surface area contributed by atoms with Crippen LogP contribution in [0.25, 0.3) is 10.8 Å². The van der Waals surface area contributed by atoms with Gasteiger partial charge in [-0.2, -0.15) is 0 Å². The van der Waals surface area contributed by atoms with Gasteiger partial charge in [0.2, 0.25) is 0 Å². The molecule has 154 valence electrons. The molecule has 0 aliphatic carbocycles. The van der Waals surface area contributed by atoms with Gasteiger partial charge in [0.1, 0.15) is 5.75 Å². The highest BCUT2D eigenvalue weighted by Crippen LogP contribution is 2.37. The van der Waals surface area contributed by atoms with E-state index in [0.29, 0.717) is 0 Å². The van der Waals surface area contributed by atoms with Crippen LogP contribution in [0, 0.1) is 0 Å². The lowest BCUT2D eigenvalue weighted by molar-refractivity contribution is 0.0992. The molecule has 0 aromatic heterocycles. The number of anilines is 2. The Kier molecular flexibility index (Phi) is 5.05. The predicted molar refractivity (Wildman–Crippen MR) is 122 cm³/mol. The van der Waals surface area contributed by atoms with Crippen LogP contribution in [0.3, 0.4) is 0 Å². The van der Waals surface area contributed by atoms with Crippen LogP contribution in [-0.4, -0.2) is 57.2 Å². The van der Waals surface area contributed by atoms with Gasteiger partial charge < -0.3 is 14.5 Å². The maximum absolute atomic E-state index is 12.9. The number of methoxy groups -OCH3 is 1. The van der Waals surface area contributed by atoms with Gasteiger partial charge >= 0.3 is 0 Å². The second kappa shape index (κ2) is 8.00. The van der Waals surface area contributed by atoms with E-state index >= 15 is 0 Å². The first-order chi connectivity index (χ1) is 14.8. The maximum Gasteiger partial charge on any atom is 0.258 e. The number of carbonyl (C=O) groups excluding carboxylic acids is 1. The van der Waals surface area contributed by atoms with Crippen molar-refractivity contribution in [3.63, 3.8) is 0 Å². The summed E-state index contributed by atoms with van der Waals surface area (Å²) in [6.07, 6.45) is 0.977. The Morgan fingerprint density at radius 2 is 1.57 bits per heavy atom. The smallest absolute Gasteiger partial charge is 0.258 e. The fourth-order valence-corrected chi connectivity index (χ4v) is 4.76.